The first-order chi connectivity index (χ1) is 22.3. The molecule has 0 saturated carbocycles. The number of aryl methyl sites for hydroxylation is 2. The van der Waals surface area contributed by atoms with E-state index in [1.807, 2.05) is 24.3 Å². The van der Waals surface area contributed by atoms with E-state index in [2.05, 4.69) is 57.3 Å². The zero-order valence-corrected chi connectivity index (χ0v) is 25.8. The minimum absolute atomic E-state index is 0.242. The lowest BCUT2D eigenvalue weighted by molar-refractivity contribution is -0.192. The molecule has 14 heteroatoms. The Balaban J connectivity index is 0.000000559. The van der Waals surface area contributed by atoms with Crippen molar-refractivity contribution < 1.29 is 32.7 Å². The fourth-order valence-electron chi connectivity index (χ4n) is 5.90. The number of benzene rings is 3. The maximum atomic E-state index is 13.8. The van der Waals surface area contributed by atoms with Crippen LogP contribution in [0.15, 0.2) is 79.4 Å². The molecule has 0 fully saturated rings. The fraction of sp³-hybridized carbons (Fsp3) is 0.242. The predicted octanol–water partition coefficient (Wildman–Crippen LogP) is 5.51. The average Bonchev–Trinajstić information content (AvgIpc) is 3.66. The zero-order chi connectivity index (χ0) is 33.9. The topological polar surface area (TPSA) is 145 Å². The van der Waals surface area contributed by atoms with Crippen LogP contribution in [0.25, 0.3) is 16.6 Å². The number of halogens is 4. The Bertz CT molecular complexity index is 1940. The van der Waals surface area contributed by atoms with Gasteiger partial charge in [0.1, 0.15) is 12.7 Å². The predicted molar refractivity (Wildman–Crippen MR) is 168 cm³/mol. The first kappa shape index (κ1) is 33.2. The van der Waals surface area contributed by atoms with Crippen molar-refractivity contribution in [3.05, 3.63) is 112 Å². The minimum atomic E-state index is -5.08. The van der Waals surface area contributed by atoms with E-state index < -0.39 is 17.7 Å². The summed E-state index contributed by atoms with van der Waals surface area (Å²) in [5, 5.41) is 19.7. The summed E-state index contributed by atoms with van der Waals surface area (Å²) in [5.41, 5.74) is 11.7. The quantitative estimate of drug-likeness (QED) is 0.209. The summed E-state index contributed by atoms with van der Waals surface area (Å²) in [7, 11) is 0. The van der Waals surface area contributed by atoms with Crippen LogP contribution in [0.3, 0.4) is 0 Å². The summed E-state index contributed by atoms with van der Waals surface area (Å²) in [6, 6.07) is 21.8. The number of nitrogens with zero attached hydrogens (tertiary/aromatic N) is 4. The lowest BCUT2D eigenvalue weighted by atomic mass is 9.81. The summed E-state index contributed by atoms with van der Waals surface area (Å²) >= 11 is 6.63. The number of alkyl halides is 3. The number of nitrogens with one attached hydrogen (secondary N) is 1. The summed E-state index contributed by atoms with van der Waals surface area (Å²) < 4.78 is 35.8. The molecule has 1 unspecified atom stereocenters. The number of hydrogen-bond donors (Lipinski definition) is 3. The van der Waals surface area contributed by atoms with Crippen molar-refractivity contribution in [3.8, 4) is 5.69 Å². The van der Waals surface area contributed by atoms with Crippen LogP contribution < -0.4 is 11.1 Å². The van der Waals surface area contributed by atoms with Crippen LogP contribution >= 0.6 is 11.6 Å². The number of amides is 2. The molecular formula is C33H30ClF3N6O4. The standard InChI is InChI=1S/C31H29ClN6O2.C2HF3O2/c1-20-7-11-27-25(15-20)23(10-12-29(33)39)28-13-14-31(17-38(27)28,21-5-3-2-4-6-21)36-30(40)24-9-8-22(16-26(24)32)37-18-34-35-19-37;3-2(4,5)1(6)7/h2-9,11,15-16,18-19H,10,12-14,17H2,1H3,(H2,33,39)(H,36,40);(H,6,7). The van der Waals surface area contributed by atoms with Gasteiger partial charge in [0.05, 0.1) is 22.7 Å². The van der Waals surface area contributed by atoms with Gasteiger partial charge in [-0.25, -0.2) is 4.79 Å². The summed E-state index contributed by atoms with van der Waals surface area (Å²) in [5.74, 6) is -3.31. The molecule has 1 aliphatic heterocycles. The van der Waals surface area contributed by atoms with E-state index in [-0.39, 0.29) is 11.8 Å². The Hall–Kier alpha value is -5.17. The fourth-order valence-corrected chi connectivity index (χ4v) is 6.16. The molecule has 1 aliphatic rings. The van der Waals surface area contributed by atoms with Gasteiger partial charge in [-0.05, 0) is 67.6 Å². The van der Waals surface area contributed by atoms with Crippen LogP contribution in [0.5, 0.6) is 0 Å². The van der Waals surface area contributed by atoms with Gasteiger partial charge >= 0.3 is 12.1 Å². The second kappa shape index (κ2) is 13.3. The lowest BCUT2D eigenvalue weighted by Gasteiger charge is -2.40. The van der Waals surface area contributed by atoms with Crippen molar-refractivity contribution >= 4 is 40.3 Å². The molecule has 2 aromatic heterocycles. The third kappa shape index (κ3) is 7.14. The van der Waals surface area contributed by atoms with E-state index in [1.54, 1.807) is 29.4 Å². The Morgan fingerprint density at radius 3 is 2.34 bits per heavy atom. The van der Waals surface area contributed by atoms with Crippen molar-refractivity contribution in [2.24, 2.45) is 5.73 Å². The van der Waals surface area contributed by atoms with E-state index >= 15 is 0 Å². The van der Waals surface area contributed by atoms with Gasteiger partial charge < -0.3 is 20.7 Å². The molecule has 2 amide bonds. The van der Waals surface area contributed by atoms with Crippen molar-refractivity contribution in [3.63, 3.8) is 0 Å². The van der Waals surface area contributed by atoms with Gasteiger partial charge in [-0.3, -0.25) is 14.2 Å². The van der Waals surface area contributed by atoms with Crippen LogP contribution in [-0.2, 0) is 34.5 Å². The largest absolute Gasteiger partial charge is 0.490 e. The highest BCUT2D eigenvalue weighted by Gasteiger charge is 2.40. The Morgan fingerprint density at radius 2 is 1.72 bits per heavy atom. The molecule has 1 atom stereocenters. The lowest BCUT2D eigenvalue weighted by Crippen LogP contribution is -2.51. The second-order valence-corrected chi connectivity index (χ2v) is 11.6. The van der Waals surface area contributed by atoms with Gasteiger partial charge in [0, 0.05) is 28.7 Å². The summed E-state index contributed by atoms with van der Waals surface area (Å²) in [4.78, 5) is 34.4. The number of carboxylic acids is 1. The second-order valence-electron chi connectivity index (χ2n) is 11.2. The molecule has 0 bridgehead atoms. The van der Waals surface area contributed by atoms with E-state index in [1.165, 1.54) is 5.69 Å². The van der Waals surface area contributed by atoms with Crippen LogP contribution in [0.4, 0.5) is 13.2 Å². The molecule has 47 heavy (non-hydrogen) atoms. The van der Waals surface area contributed by atoms with Crippen LogP contribution in [-0.4, -0.2) is 48.4 Å². The normalized spacial score (nSPS) is 15.8. The van der Waals surface area contributed by atoms with E-state index in [0.29, 0.717) is 36.4 Å². The summed E-state index contributed by atoms with van der Waals surface area (Å²) in [6.07, 6.45) is 0.391. The minimum Gasteiger partial charge on any atom is -0.475 e. The van der Waals surface area contributed by atoms with E-state index in [4.69, 9.17) is 27.2 Å². The smallest absolute Gasteiger partial charge is 0.475 e. The third-order valence-corrected chi connectivity index (χ3v) is 8.43. The maximum absolute atomic E-state index is 13.8. The van der Waals surface area contributed by atoms with Gasteiger partial charge in [-0.15, -0.1) is 10.2 Å². The maximum Gasteiger partial charge on any atom is 0.490 e. The van der Waals surface area contributed by atoms with Crippen molar-refractivity contribution in [1.29, 1.82) is 0 Å². The molecule has 5 aromatic rings. The highest BCUT2D eigenvalue weighted by atomic mass is 35.5. The number of nitrogens with two attached hydrogens (primary N) is 1. The third-order valence-electron chi connectivity index (χ3n) is 8.12. The van der Waals surface area contributed by atoms with Crippen LogP contribution in [0.1, 0.15) is 45.6 Å². The number of aliphatic carboxylic acids is 1. The monoisotopic (exact) mass is 666 g/mol. The highest BCUT2D eigenvalue weighted by molar-refractivity contribution is 6.34. The highest BCUT2D eigenvalue weighted by Crippen LogP contribution is 2.40. The van der Waals surface area contributed by atoms with Crippen molar-refractivity contribution in [1.82, 2.24) is 24.6 Å². The SMILES string of the molecule is Cc1ccc2c(c1)c(CCC(N)=O)c1n2CC(NC(=O)c2ccc(-n3cnnc3)cc2Cl)(c2ccccc2)CC1.O=C(O)C(F)(F)F. The number of rotatable bonds is 7. The number of carbonyl (C=O) groups excluding carboxylic acids is 2. The van der Waals surface area contributed by atoms with Gasteiger partial charge in [-0.2, -0.15) is 13.2 Å². The van der Waals surface area contributed by atoms with Gasteiger partial charge in [-0.1, -0.05) is 53.6 Å². The Morgan fingerprint density at radius 1 is 1.04 bits per heavy atom. The molecule has 3 aromatic carbocycles. The number of carboxylic acid groups (broad SMARTS) is 1. The Kier molecular flexibility index (Phi) is 9.38. The molecule has 244 valence electrons. The Labute approximate surface area is 272 Å². The van der Waals surface area contributed by atoms with Gasteiger partial charge in [0.25, 0.3) is 5.91 Å². The molecule has 0 radical (unpaired) electrons. The molecule has 0 saturated heterocycles. The summed E-state index contributed by atoms with van der Waals surface area (Å²) in [6.45, 7) is 2.62. The number of fused-ring (bicyclic) bond motifs is 3. The molecule has 0 aliphatic carbocycles. The average molecular weight is 667 g/mol. The number of aromatic nitrogens is 4. The number of hydrogen-bond acceptors (Lipinski definition) is 5. The van der Waals surface area contributed by atoms with E-state index in [9.17, 15) is 22.8 Å². The molecule has 0 spiro atoms. The van der Waals surface area contributed by atoms with Gasteiger partial charge in [0.2, 0.25) is 5.91 Å². The number of primary amides is 1. The van der Waals surface area contributed by atoms with E-state index in [0.717, 1.165) is 39.7 Å². The first-order valence-corrected chi connectivity index (χ1v) is 14.9. The molecular weight excluding hydrogens is 637 g/mol. The molecule has 4 N–H and O–H groups in total. The molecule has 6 rings (SSSR count). The zero-order valence-electron chi connectivity index (χ0n) is 25.1. The van der Waals surface area contributed by atoms with Crippen molar-refractivity contribution in [2.45, 2.75) is 50.9 Å². The first-order valence-electron chi connectivity index (χ1n) is 14.5. The van der Waals surface area contributed by atoms with Crippen LogP contribution in [0.2, 0.25) is 5.02 Å². The molecule has 3 heterocycles. The van der Waals surface area contributed by atoms with Crippen LogP contribution in [0, 0.1) is 6.92 Å². The van der Waals surface area contributed by atoms with Gasteiger partial charge in [0.15, 0.2) is 0 Å². The molecule has 10 nitrogen and oxygen atoms in total. The number of carbonyl (C=O) groups is 3. The van der Waals surface area contributed by atoms with Crippen molar-refractivity contribution in [2.75, 3.05) is 0 Å².